The van der Waals surface area contributed by atoms with Crippen molar-refractivity contribution >= 4 is 23.5 Å². The van der Waals surface area contributed by atoms with Crippen molar-refractivity contribution in [3.63, 3.8) is 0 Å². The van der Waals surface area contributed by atoms with E-state index in [1.807, 2.05) is 19.2 Å². The second-order valence-electron chi connectivity index (χ2n) is 7.62. The van der Waals surface area contributed by atoms with Crippen LogP contribution in [0.4, 0.5) is 5.82 Å². The minimum atomic E-state index is -0.825. The lowest BCUT2D eigenvalue weighted by molar-refractivity contribution is -0.137. The Bertz CT molecular complexity index is 697. The van der Waals surface area contributed by atoms with Gasteiger partial charge in [0.25, 0.3) is 0 Å². The van der Waals surface area contributed by atoms with Crippen LogP contribution in [0.2, 0.25) is 0 Å². The van der Waals surface area contributed by atoms with Crippen molar-refractivity contribution in [3.05, 3.63) is 52.8 Å². The van der Waals surface area contributed by atoms with E-state index >= 15 is 0 Å². The second kappa shape index (κ2) is 13.3. The molecule has 28 heavy (non-hydrogen) atoms. The van der Waals surface area contributed by atoms with Gasteiger partial charge in [-0.25, -0.2) is 4.79 Å². The summed E-state index contributed by atoms with van der Waals surface area (Å²) in [4.78, 5) is 14.5. The number of hydrogen-bond acceptors (Lipinski definition) is 3. The van der Waals surface area contributed by atoms with Crippen LogP contribution in [0.25, 0.3) is 0 Å². The maximum Gasteiger partial charge on any atom is 0.327 e. The molecule has 1 aromatic heterocycles. The molecule has 0 radical (unpaired) electrons. The number of hydrogen-bond donors (Lipinski definition) is 3. The molecule has 5 heteroatoms. The van der Waals surface area contributed by atoms with Gasteiger partial charge in [0.2, 0.25) is 0 Å². The molecule has 0 amide bonds. The molecule has 156 valence electrons. The monoisotopic (exact) mass is 404 g/mol. The van der Waals surface area contributed by atoms with E-state index in [2.05, 4.69) is 56.2 Å². The van der Waals surface area contributed by atoms with Crippen LogP contribution in [0.15, 0.2) is 47.2 Å². The number of aromatic nitrogens is 1. The Balaban J connectivity index is 2.30. The molecule has 0 saturated heterocycles. The standard InChI is InChI=1S/C23H36N2O2S/c1-17(2)8-6-9-18(3)10-7-11-19(4)12-13-28-16-21(23(26)27)25-22-14-20(5)15-24-22/h8,10,12,14-15,21,24-25H,6-7,9,11,13,16H2,1-5H3,(H,26,27). The number of carbonyl (C=O) groups is 1. The average Bonchev–Trinajstić information content (AvgIpc) is 3.02. The summed E-state index contributed by atoms with van der Waals surface area (Å²) in [7, 11) is 0. The number of carboxylic acid groups (broad SMARTS) is 1. The van der Waals surface area contributed by atoms with Gasteiger partial charge in [-0.05, 0) is 71.9 Å². The summed E-state index contributed by atoms with van der Waals surface area (Å²) in [5, 5.41) is 12.4. The Hall–Kier alpha value is -1.88. The van der Waals surface area contributed by atoms with E-state index in [0.29, 0.717) is 5.75 Å². The van der Waals surface area contributed by atoms with Crippen molar-refractivity contribution in [2.75, 3.05) is 16.8 Å². The third-order valence-electron chi connectivity index (χ3n) is 4.41. The summed E-state index contributed by atoms with van der Waals surface area (Å²) in [5.74, 6) is 1.29. The number of nitrogens with one attached hydrogen (secondary N) is 2. The average molecular weight is 405 g/mol. The predicted octanol–water partition coefficient (Wildman–Crippen LogP) is 6.34. The molecule has 0 aliphatic heterocycles. The maximum atomic E-state index is 11.4. The number of H-pyrrole nitrogens is 1. The van der Waals surface area contributed by atoms with Crippen molar-refractivity contribution in [1.82, 2.24) is 4.98 Å². The van der Waals surface area contributed by atoms with Crippen LogP contribution in [-0.4, -0.2) is 33.6 Å². The quantitative estimate of drug-likeness (QED) is 0.265. The van der Waals surface area contributed by atoms with E-state index in [9.17, 15) is 9.90 Å². The second-order valence-corrected chi connectivity index (χ2v) is 8.70. The molecule has 0 spiro atoms. The Morgan fingerprint density at radius 3 is 2.36 bits per heavy atom. The van der Waals surface area contributed by atoms with Gasteiger partial charge in [0.15, 0.2) is 0 Å². The Labute approximate surface area is 174 Å². The first-order chi connectivity index (χ1) is 13.3. The number of thioether (sulfide) groups is 1. The van der Waals surface area contributed by atoms with E-state index in [0.717, 1.165) is 42.8 Å². The smallest absolute Gasteiger partial charge is 0.327 e. The summed E-state index contributed by atoms with van der Waals surface area (Å²) >= 11 is 1.64. The molecule has 0 saturated carbocycles. The molecular formula is C23H36N2O2S. The molecule has 0 aliphatic rings. The van der Waals surface area contributed by atoms with E-state index in [1.165, 1.54) is 16.7 Å². The predicted molar refractivity (Wildman–Crippen MR) is 123 cm³/mol. The van der Waals surface area contributed by atoms with E-state index < -0.39 is 12.0 Å². The van der Waals surface area contributed by atoms with Crippen LogP contribution in [0.3, 0.4) is 0 Å². The molecular weight excluding hydrogens is 368 g/mol. The minimum Gasteiger partial charge on any atom is -0.480 e. The van der Waals surface area contributed by atoms with Crippen molar-refractivity contribution in [3.8, 4) is 0 Å². The number of anilines is 1. The molecule has 0 aliphatic carbocycles. The lowest BCUT2D eigenvalue weighted by Gasteiger charge is -2.13. The first-order valence-corrected chi connectivity index (χ1v) is 11.1. The Morgan fingerprint density at radius 1 is 1.14 bits per heavy atom. The number of aryl methyl sites for hydroxylation is 1. The first-order valence-electron chi connectivity index (χ1n) is 9.94. The van der Waals surface area contributed by atoms with Crippen LogP contribution in [0, 0.1) is 6.92 Å². The first kappa shape index (κ1) is 24.2. The highest BCUT2D eigenvalue weighted by molar-refractivity contribution is 7.99. The lowest BCUT2D eigenvalue weighted by atomic mass is 10.1. The highest BCUT2D eigenvalue weighted by atomic mass is 32.2. The Morgan fingerprint density at radius 2 is 1.79 bits per heavy atom. The molecule has 0 aromatic carbocycles. The molecule has 3 N–H and O–H groups in total. The molecule has 1 rings (SSSR count). The van der Waals surface area contributed by atoms with Gasteiger partial charge in [-0.3, -0.25) is 0 Å². The zero-order valence-electron chi connectivity index (χ0n) is 18.0. The molecule has 4 nitrogen and oxygen atoms in total. The van der Waals surface area contributed by atoms with Gasteiger partial charge in [0.05, 0.1) is 0 Å². The van der Waals surface area contributed by atoms with Gasteiger partial charge in [-0.1, -0.05) is 34.9 Å². The molecule has 0 fully saturated rings. The fourth-order valence-electron chi connectivity index (χ4n) is 2.67. The van der Waals surface area contributed by atoms with E-state index in [1.54, 1.807) is 11.8 Å². The normalized spacial score (nSPS) is 13.3. The maximum absolute atomic E-state index is 11.4. The topological polar surface area (TPSA) is 65.1 Å². The van der Waals surface area contributed by atoms with Gasteiger partial charge in [0.1, 0.15) is 11.9 Å². The largest absolute Gasteiger partial charge is 0.480 e. The molecule has 1 heterocycles. The molecule has 1 unspecified atom stereocenters. The van der Waals surface area contributed by atoms with Crippen molar-refractivity contribution in [1.29, 1.82) is 0 Å². The Kier molecular flexibility index (Phi) is 11.5. The third-order valence-corrected chi connectivity index (χ3v) is 5.38. The molecule has 1 atom stereocenters. The fraction of sp³-hybridized carbons (Fsp3) is 0.522. The van der Waals surface area contributed by atoms with Crippen LogP contribution >= 0.6 is 11.8 Å². The van der Waals surface area contributed by atoms with Crippen LogP contribution in [0.1, 0.15) is 58.9 Å². The van der Waals surface area contributed by atoms with Gasteiger partial charge in [-0.2, -0.15) is 11.8 Å². The molecule has 1 aromatic rings. The fourth-order valence-corrected chi connectivity index (χ4v) is 3.67. The minimum absolute atomic E-state index is 0.528. The van der Waals surface area contributed by atoms with Crippen molar-refractivity contribution in [2.24, 2.45) is 0 Å². The number of carboxylic acids is 1. The van der Waals surface area contributed by atoms with Crippen molar-refractivity contribution < 1.29 is 9.90 Å². The highest BCUT2D eigenvalue weighted by Gasteiger charge is 2.17. The number of aromatic amines is 1. The van der Waals surface area contributed by atoms with E-state index in [4.69, 9.17) is 0 Å². The highest BCUT2D eigenvalue weighted by Crippen LogP contribution is 2.15. The number of allylic oxidation sites excluding steroid dienone is 5. The number of aliphatic carboxylic acids is 1. The summed E-state index contributed by atoms with van der Waals surface area (Å²) < 4.78 is 0. The SMILES string of the molecule is CC(C)=CCCC(C)=CCCC(C)=CCSCC(Nc1cc(C)c[nH]1)C(=O)O. The zero-order chi connectivity index (χ0) is 20.9. The van der Waals surface area contributed by atoms with Gasteiger partial charge >= 0.3 is 5.97 Å². The van der Waals surface area contributed by atoms with Crippen LogP contribution < -0.4 is 5.32 Å². The summed E-state index contributed by atoms with van der Waals surface area (Å²) in [5.41, 5.74) is 5.28. The summed E-state index contributed by atoms with van der Waals surface area (Å²) in [6.45, 7) is 10.6. The van der Waals surface area contributed by atoms with Gasteiger partial charge in [0, 0.05) is 17.7 Å². The summed E-state index contributed by atoms with van der Waals surface area (Å²) in [6, 6.07) is 1.32. The van der Waals surface area contributed by atoms with Gasteiger partial charge < -0.3 is 15.4 Å². The van der Waals surface area contributed by atoms with E-state index in [-0.39, 0.29) is 0 Å². The lowest BCUT2D eigenvalue weighted by Crippen LogP contribution is -2.31. The summed E-state index contributed by atoms with van der Waals surface area (Å²) in [6.07, 6.45) is 13.1. The third kappa shape index (κ3) is 11.1. The molecule has 0 bridgehead atoms. The van der Waals surface area contributed by atoms with Crippen LogP contribution in [-0.2, 0) is 4.79 Å². The number of rotatable bonds is 13. The zero-order valence-corrected chi connectivity index (χ0v) is 18.8. The van der Waals surface area contributed by atoms with Gasteiger partial charge in [-0.15, -0.1) is 0 Å². The van der Waals surface area contributed by atoms with Crippen molar-refractivity contribution in [2.45, 2.75) is 66.3 Å². The van der Waals surface area contributed by atoms with Crippen LogP contribution in [0.5, 0.6) is 0 Å².